The van der Waals surface area contributed by atoms with Gasteiger partial charge < -0.3 is 15.4 Å². The van der Waals surface area contributed by atoms with E-state index in [1.54, 1.807) is 0 Å². The fourth-order valence-electron chi connectivity index (χ4n) is 1.72. The van der Waals surface area contributed by atoms with Gasteiger partial charge in [0.1, 0.15) is 0 Å². The number of rotatable bonds is 5. The van der Waals surface area contributed by atoms with Crippen LogP contribution in [0.1, 0.15) is 19.8 Å². The van der Waals surface area contributed by atoms with Crippen LogP contribution < -0.4 is 5.73 Å². The van der Waals surface area contributed by atoms with Gasteiger partial charge in [-0.1, -0.05) is 13.3 Å². The highest BCUT2D eigenvalue weighted by molar-refractivity contribution is 4.79. The van der Waals surface area contributed by atoms with Crippen molar-refractivity contribution in [2.45, 2.75) is 25.8 Å². The second-order valence-electron chi connectivity index (χ2n) is 4.08. The normalized spacial score (nSPS) is 28.6. The molecule has 0 aromatic heterocycles. The van der Waals surface area contributed by atoms with Crippen LogP contribution in [-0.4, -0.2) is 44.3 Å². The van der Waals surface area contributed by atoms with Crippen LogP contribution in [0.25, 0.3) is 0 Å². The van der Waals surface area contributed by atoms with Crippen molar-refractivity contribution in [2.75, 3.05) is 33.4 Å². The monoisotopic (exact) mass is 186 g/mol. The first-order valence-corrected chi connectivity index (χ1v) is 5.26. The summed E-state index contributed by atoms with van der Waals surface area (Å²) in [4.78, 5) is 2.36. The maximum Gasteiger partial charge on any atom is 0.0621 e. The van der Waals surface area contributed by atoms with E-state index in [4.69, 9.17) is 10.5 Å². The summed E-state index contributed by atoms with van der Waals surface area (Å²) in [5.41, 5.74) is 5.90. The van der Waals surface area contributed by atoms with Crippen LogP contribution in [0.15, 0.2) is 0 Å². The molecule has 0 aromatic carbocycles. The molecule has 0 spiro atoms. The Kier molecular flexibility index (Phi) is 4.70. The van der Waals surface area contributed by atoms with Crippen LogP contribution in [0.4, 0.5) is 0 Å². The highest BCUT2D eigenvalue weighted by Gasteiger charge is 2.25. The summed E-state index contributed by atoms with van der Waals surface area (Å²) in [6.45, 7) is 6.07. The van der Waals surface area contributed by atoms with E-state index in [1.807, 2.05) is 0 Å². The molecule has 0 aliphatic carbocycles. The summed E-state index contributed by atoms with van der Waals surface area (Å²) in [5.74, 6) is 0.543. The Morgan fingerprint density at radius 2 is 2.23 bits per heavy atom. The molecule has 1 fully saturated rings. The number of hydrogen-bond acceptors (Lipinski definition) is 3. The molecule has 0 saturated carbocycles. The molecule has 3 nitrogen and oxygen atoms in total. The lowest BCUT2D eigenvalue weighted by Crippen LogP contribution is -2.37. The molecule has 2 unspecified atom stereocenters. The van der Waals surface area contributed by atoms with Gasteiger partial charge in [-0.05, 0) is 20.0 Å². The van der Waals surface area contributed by atoms with Gasteiger partial charge in [0.15, 0.2) is 0 Å². The van der Waals surface area contributed by atoms with E-state index >= 15 is 0 Å². The number of ether oxygens (including phenoxy) is 1. The minimum absolute atomic E-state index is 0.254. The third-order valence-corrected chi connectivity index (χ3v) is 2.69. The van der Waals surface area contributed by atoms with Crippen LogP contribution in [0.5, 0.6) is 0 Å². The summed E-state index contributed by atoms with van der Waals surface area (Å²) in [5, 5.41) is 0. The molecule has 0 aromatic rings. The molecule has 1 rings (SSSR count). The lowest BCUT2D eigenvalue weighted by molar-refractivity contribution is 0.173. The Morgan fingerprint density at radius 3 is 2.77 bits per heavy atom. The van der Waals surface area contributed by atoms with Crippen molar-refractivity contribution in [3.05, 3.63) is 0 Å². The zero-order valence-electron chi connectivity index (χ0n) is 8.83. The summed E-state index contributed by atoms with van der Waals surface area (Å²) in [7, 11) is 2.17. The summed E-state index contributed by atoms with van der Waals surface area (Å²) >= 11 is 0. The maximum absolute atomic E-state index is 5.90. The fourth-order valence-corrected chi connectivity index (χ4v) is 1.72. The number of hydrogen-bond donors (Lipinski definition) is 1. The Morgan fingerprint density at radius 1 is 1.46 bits per heavy atom. The van der Waals surface area contributed by atoms with Crippen molar-refractivity contribution in [1.29, 1.82) is 0 Å². The third-order valence-electron chi connectivity index (χ3n) is 2.69. The minimum atomic E-state index is 0.254. The average molecular weight is 186 g/mol. The van der Waals surface area contributed by atoms with Crippen molar-refractivity contribution < 1.29 is 4.74 Å². The molecule has 1 aliphatic rings. The predicted octanol–water partition coefficient (Wildman–Crippen LogP) is 0.692. The van der Waals surface area contributed by atoms with E-state index in [1.165, 1.54) is 19.4 Å². The van der Waals surface area contributed by atoms with Crippen LogP contribution in [0.2, 0.25) is 0 Å². The zero-order chi connectivity index (χ0) is 9.68. The highest BCUT2D eigenvalue weighted by atomic mass is 16.5. The quantitative estimate of drug-likeness (QED) is 0.686. The van der Waals surface area contributed by atoms with Crippen LogP contribution in [-0.2, 0) is 4.74 Å². The molecule has 1 saturated heterocycles. The third kappa shape index (κ3) is 3.63. The van der Waals surface area contributed by atoms with Crippen LogP contribution >= 0.6 is 0 Å². The highest BCUT2D eigenvalue weighted by Crippen LogP contribution is 2.12. The van der Waals surface area contributed by atoms with Gasteiger partial charge in [-0.15, -0.1) is 0 Å². The second kappa shape index (κ2) is 5.58. The van der Waals surface area contributed by atoms with Gasteiger partial charge >= 0.3 is 0 Å². The standard InChI is InChI=1S/C10H22N2O/c1-3-4-5-12(2)6-9-7-13-8-10(9)11/h9-10H,3-8,11H2,1-2H3. The Bertz CT molecular complexity index is 141. The largest absolute Gasteiger partial charge is 0.379 e. The number of nitrogens with two attached hydrogens (primary N) is 1. The van der Waals surface area contributed by atoms with Crippen LogP contribution in [0, 0.1) is 5.92 Å². The van der Waals surface area contributed by atoms with E-state index < -0.39 is 0 Å². The molecule has 2 N–H and O–H groups in total. The summed E-state index contributed by atoms with van der Waals surface area (Å²) in [6, 6.07) is 0.254. The number of nitrogens with zero attached hydrogens (tertiary/aromatic N) is 1. The van der Waals surface area contributed by atoms with E-state index in [0.29, 0.717) is 5.92 Å². The van der Waals surface area contributed by atoms with Gasteiger partial charge in [0.2, 0.25) is 0 Å². The van der Waals surface area contributed by atoms with Crippen molar-refractivity contribution in [3.63, 3.8) is 0 Å². The van der Waals surface area contributed by atoms with Gasteiger partial charge in [0.25, 0.3) is 0 Å². The lowest BCUT2D eigenvalue weighted by atomic mass is 10.0. The second-order valence-corrected chi connectivity index (χ2v) is 4.08. The molecule has 1 heterocycles. The zero-order valence-corrected chi connectivity index (χ0v) is 8.83. The Hall–Kier alpha value is -0.120. The fraction of sp³-hybridized carbons (Fsp3) is 1.00. The Balaban J connectivity index is 2.15. The average Bonchev–Trinajstić information content (AvgIpc) is 2.48. The number of unbranched alkanes of at least 4 members (excludes halogenated alkanes) is 1. The first-order chi connectivity index (χ1) is 6.24. The van der Waals surface area contributed by atoms with Crippen molar-refractivity contribution >= 4 is 0 Å². The van der Waals surface area contributed by atoms with Gasteiger partial charge in [0.05, 0.1) is 13.2 Å². The maximum atomic E-state index is 5.90. The molecule has 13 heavy (non-hydrogen) atoms. The molecule has 0 amide bonds. The molecule has 0 bridgehead atoms. The lowest BCUT2D eigenvalue weighted by Gasteiger charge is -2.21. The molecule has 78 valence electrons. The van der Waals surface area contributed by atoms with Crippen molar-refractivity contribution in [3.8, 4) is 0 Å². The molecular formula is C10H22N2O. The van der Waals surface area contributed by atoms with Gasteiger partial charge in [0, 0.05) is 18.5 Å². The molecule has 0 radical (unpaired) electrons. The van der Waals surface area contributed by atoms with Crippen LogP contribution in [0.3, 0.4) is 0 Å². The first kappa shape index (κ1) is 11.0. The summed E-state index contributed by atoms with van der Waals surface area (Å²) < 4.78 is 5.32. The van der Waals surface area contributed by atoms with Gasteiger partial charge in [-0.25, -0.2) is 0 Å². The topological polar surface area (TPSA) is 38.5 Å². The molecule has 3 heteroatoms. The first-order valence-electron chi connectivity index (χ1n) is 5.26. The van der Waals surface area contributed by atoms with Crippen molar-refractivity contribution in [1.82, 2.24) is 4.90 Å². The molecular weight excluding hydrogens is 164 g/mol. The van der Waals surface area contributed by atoms with E-state index in [-0.39, 0.29) is 6.04 Å². The smallest absolute Gasteiger partial charge is 0.0621 e. The summed E-state index contributed by atoms with van der Waals surface area (Å²) in [6.07, 6.45) is 2.54. The Labute approximate surface area is 81.2 Å². The predicted molar refractivity (Wildman–Crippen MR) is 54.7 cm³/mol. The molecule has 1 aliphatic heterocycles. The van der Waals surface area contributed by atoms with E-state index in [0.717, 1.165) is 19.8 Å². The van der Waals surface area contributed by atoms with Gasteiger partial charge in [-0.2, -0.15) is 0 Å². The van der Waals surface area contributed by atoms with E-state index in [9.17, 15) is 0 Å². The molecule has 2 atom stereocenters. The SMILES string of the molecule is CCCCN(C)CC1COCC1N. The van der Waals surface area contributed by atoms with Crippen molar-refractivity contribution in [2.24, 2.45) is 11.7 Å². The van der Waals surface area contributed by atoms with E-state index in [2.05, 4.69) is 18.9 Å². The van der Waals surface area contributed by atoms with Gasteiger partial charge in [-0.3, -0.25) is 0 Å². The minimum Gasteiger partial charge on any atom is -0.379 e.